The molecule has 0 saturated carbocycles. The fraction of sp³-hybridized carbons (Fsp3) is 1.00. The van der Waals surface area contributed by atoms with Crippen LogP contribution in [0.5, 0.6) is 0 Å². The molecule has 0 atom stereocenters. The van der Waals surface area contributed by atoms with Crippen LogP contribution in [0.25, 0.3) is 0 Å². The van der Waals surface area contributed by atoms with Crippen LogP contribution in [0, 0.1) is 11.3 Å². The summed E-state index contributed by atoms with van der Waals surface area (Å²) in [6.45, 7) is 10.3. The van der Waals surface area contributed by atoms with Crippen LogP contribution in [0.2, 0.25) is 0 Å². The monoisotopic (exact) mass is 241 g/mol. The van der Waals surface area contributed by atoms with Crippen molar-refractivity contribution < 1.29 is 0 Å². The van der Waals surface area contributed by atoms with E-state index in [1.807, 2.05) is 0 Å². The zero-order chi connectivity index (χ0) is 12.9. The van der Waals surface area contributed by atoms with Gasteiger partial charge in [-0.1, -0.05) is 13.8 Å². The molecule has 0 amide bonds. The molecular formula is C14H31N3. The molecule has 0 aliphatic carbocycles. The number of nitrogens with two attached hydrogens (primary N) is 1. The van der Waals surface area contributed by atoms with E-state index in [9.17, 15) is 0 Å². The molecular weight excluding hydrogens is 210 g/mol. The van der Waals surface area contributed by atoms with Crippen LogP contribution in [0.3, 0.4) is 0 Å². The highest BCUT2D eigenvalue weighted by atomic mass is 15.1. The summed E-state index contributed by atoms with van der Waals surface area (Å²) in [5, 5.41) is 0. The van der Waals surface area contributed by atoms with Gasteiger partial charge >= 0.3 is 0 Å². The van der Waals surface area contributed by atoms with Gasteiger partial charge in [-0.05, 0) is 70.9 Å². The first-order chi connectivity index (χ1) is 7.93. The first kappa shape index (κ1) is 14.9. The summed E-state index contributed by atoms with van der Waals surface area (Å²) in [6, 6.07) is 0. The third-order valence-corrected chi connectivity index (χ3v) is 4.13. The van der Waals surface area contributed by atoms with Gasteiger partial charge in [0.2, 0.25) is 0 Å². The average molecular weight is 241 g/mol. The van der Waals surface area contributed by atoms with Crippen LogP contribution >= 0.6 is 0 Å². The van der Waals surface area contributed by atoms with Crippen molar-refractivity contribution in [2.24, 2.45) is 17.1 Å². The van der Waals surface area contributed by atoms with E-state index in [1.165, 1.54) is 45.4 Å². The van der Waals surface area contributed by atoms with Crippen molar-refractivity contribution in [2.45, 2.75) is 33.1 Å². The van der Waals surface area contributed by atoms with E-state index in [-0.39, 0.29) is 0 Å². The second-order valence-electron chi connectivity index (χ2n) is 6.63. The number of piperidine rings is 1. The smallest absolute Gasteiger partial charge is 0.000756 e. The number of likely N-dealkylation sites (tertiary alicyclic amines) is 1. The van der Waals surface area contributed by atoms with Crippen molar-refractivity contribution in [1.29, 1.82) is 0 Å². The van der Waals surface area contributed by atoms with Gasteiger partial charge in [0.25, 0.3) is 0 Å². The first-order valence-corrected chi connectivity index (χ1v) is 7.00. The molecule has 0 bridgehead atoms. The fourth-order valence-electron chi connectivity index (χ4n) is 2.37. The largest absolute Gasteiger partial charge is 0.330 e. The average Bonchev–Trinajstić information content (AvgIpc) is 2.30. The lowest BCUT2D eigenvalue weighted by Crippen LogP contribution is -2.37. The minimum atomic E-state index is 0.293. The summed E-state index contributed by atoms with van der Waals surface area (Å²) >= 11 is 0. The van der Waals surface area contributed by atoms with Crippen LogP contribution < -0.4 is 5.73 Å². The number of rotatable bonds is 6. The number of hydrogen-bond donors (Lipinski definition) is 1. The maximum atomic E-state index is 5.77. The summed E-state index contributed by atoms with van der Waals surface area (Å²) < 4.78 is 0. The lowest BCUT2D eigenvalue weighted by molar-refractivity contribution is 0.165. The van der Waals surface area contributed by atoms with Gasteiger partial charge in [0.15, 0.2) is 0 Å². The lowest BCUT2D eigenvalue weighted by Gasteiger charge is -2.33. The molecule has 0 aromatic heterocycles. The fourth-order valence-corrected chi connectivity index (χ4v) is 2.37. The summed E-state index contributed by atoms with van der Waals surface area (Å²) in [4.78, 5) is 4.93. The zero-order valence-electron chi connectivity index (χ0n) is 12.2. The predicted molar refractivity (Wildman–Crippen MR) is 75.2 cm³/mol. The highest BCUT2D eigenvalue weighted by molar-refractivity contribution is 4.75. The van der Waals surface area contributed by atoms with Gasteiger partial charge in [-0.15, -0.1) is 0 Å². The van der Waals surface area contributed by atoms with Gasteiger partial charge in [-0.2, -0.15) is 0 Å². The third-order valence-electron chi connectivity index (χ3n) is 4.13. The van der Waals surface area contributed by atoms with Crippen molar-refractivity contribution >= 4 is 0 Å². The van der Waals surface area contributed by atoms with Gasteiger partial charge < -0.3 is 15.5 Å². The van der Waals surface area contributed by atoms with Crippen molar-refractivity contribution in [3.8, 4) is 0 Å². The molecule has 1 saturated heterocycles. The second-order valence-corrected chi connectivity index (χ2v) is 6.63. The maximum absolute atomic E-state index is 5.77. The second kappa shape index (κ2) is 6.72. The van der Waals surface area contributed by atoms with Gasteiger partial charge in [0.05, 0.1) is 0 Å². The van der Waals surface area contributed by atoms with Crippen LogP contribution in [-0.2, 0) is 0 Å². The van der Waals surface area contributed by atoms with Crippen molar-refractivity contribution in [2.75, 3.05) is 46.8 Å². The van der Waals surface area contributed by atoms with Crippen LogP contribution in [-0.4, -0.2) is 56.6 Å². The Hall–Kier alpha value is -0.120. The Morgan fingerprint density at radius 3 is 2.41 bits per heavy atom. The topological polar surface area (TPSA) is 32.5 Å². The Balaban J connectivity index is 2.18. The van der Waals surface area contributed by atoms with Crippen LogP contribution in [0.4, 0.5) is 0 Å². The van der Waals surface area contributed by atoms with Crippen molar-refractivity contribution in [3.05, 3.63) is 0 Å². The Kier molecular flexibility index (Phi) is 5.90. The molecule has 1 rings (SSSR count). The van der Waals surface area contributed by atoms with Gasteiger partial charge in [-0.25, -0.2) is 0 Å². The Morgan fingerprint density at radius 1 is 1.29 bits per heavy atom. The highest BCUT2D eigenvalue weighted by Gasteiger charge is 2.20. The Labute approximate surface area is 107 Å². The molecule has 0 aromatic carbocycles. The summed E-state index contributed by atoms with van der Waals surface area (Å²) in [5.41, 5.74) is 6.06. The van der Waals surface area contributed by atoms with Gasteiger partial charge in [0, 0.05) is 6.54 Å². The Bertz CT molecular complexity index is 208. The normalized spacial score (nSPS) is 20.1. The molecule has 0 aromatic rings. The molecule has 1 aliphatic rings. The molecule has 3 heteroatoms. The molecule has 17 heavy (non-hydrogen) atoms. The number of nitrogens with zero attached hydrogens (tertiary/aromatic N) is 2. The summed E-state index contributed by atoms with van der Waals surface area (Å²) in [5.74, 6) is 0.900. The molecule has 1 fully saturated rings. The minimum absolute atomic E-state index is 0.293. The molecule has 1 aliphatic heterocycles. The summed E-state index contributed by atoms with van der Waals surface area (Å²) in [7, 11) is 4.48. The minimum Gasteiger partial charge on any atom is -0.330 e. The number of hydrogen-bond acceptors (Lipinski definition) is 3. The Morgan fingerprint density at radius 2 is 1.88 bits per heavy atom. The van der Waals surface area contributed by atoms with Crippen LogP contribution in [0.1, 0.15) is 33.1 Å². The van der Waals surface area contributed by atoms with E-state index in [1.54, 1.807) is 0 Å². The first-order valence-electron chi connectivity index (χ1n) is 7.00. The van der Waals surface area contributed by atoms with Crippen molar-refractivity contribution in [3.63, 3.8) is 0 Å². The molecule has 2 N–H and O–H groups in total. The van der Waals surface area contributed by atoms with E-state index in [0.29, 0.717) is 5.41 Å². The standard InChI is InChI=1S/C14H31N3/c1-14(2,12-15)7-10-17(4)11-13-5-8-16(3)9-6-13/h13H,5-12,15H2,1-4H3. The highest BCUT2D eigenvalue weighted by Crippen LogP contribution is 2.20. The van der Waals surface area contributed by atoms with Crippen molar-refractivity contribution in [1.82, 2.24) is 9.80 Å². The molecule has 0 unspecified atom stereocenters. The SMILES string of the molecule is CN1CCC(CN(C)CCC(C)(C)CN)CC1. The van der Waals surface area contributed by atoms with E-state index in [0.717, 1.165) is 12.5 Å². The predicted octanol–water partition coefficient (Wildman–Crippen LogP) is 1.64. The van der Waals surface area contributed by atoms with Crippen LogP contribution in [0.15, 0.2) is 0 Å². The van der Waals surface area contributed by atoms with E-state index < -0.39 is 0 Å². The van der Waals surface area contributed by atoms with Gasteiger partial charge in [-0.3, -0.25) is 0 Å². The molecule has 0 spiro atoms. The molecule has 102 valence electrons. The third kappa shape index (κ3) is 5.84. The maximum Gasteiger partial charge on any atom is 0.000756 e. The van der Waals surface area contributed by atoms with E-state index in [4.69, 9.17) is 5.73 Å². The summed E-state index contributed by atoms with van der Waals surface area (Å²) in [6.07, 6.45) is 3.93. The van der Waals surface area contributed by atoms with E-state index >= 15 is 0 Å². The molecule has 0 radical (unpaired) electrons. The zero-order valence-corrected chi connectivity index (χ0v) is 12.2. The molecule has 3 nitrogen and oxygen atoms in total. The molecule has 1 heterocycles. The van der Waals surface area contributed by atoms with E-state index in [2.05, 4.69) is 37.7 Å². The lowest BCUT2D eigenvalue weighted by atomic mass is 9.89. The quantitative estimate of drug-likeness (QED) is 0.767. The van der Waals surface area contributed by atoms with Gasteiger partial charge in [0.1, 0.15) is 0 Å².